The highest BCUT2D eigenvalue weighted by atomic mass is 32.2. The van der Waals surface area contributed by atoms with E-state index < -0.39 is 16.1 Å². The first-order chi connectivity index (χ1) is 13.3. The smallest absolute Gasteiger partial charge is 0.248 e. The second-order valence-electron chi connectivity index (χ2n) is 6.10. The number of amides is 1. The Morgan fingerprint density at radius 1 is 1.14 bits per heavy atom. The number of methoxy groups -OCH3 is 1. The Bertz CT molecular complexity index is 899. The van der Waals surface area contributed by atoms with Crippen LogP contribution in [0.1, 0.15) is 20.3 Å². The molecule has 6 nitrogen and oxygen atoms in total. The van der Waals surface area contributed by atoms with E-state index >= 15 is 0 Å². The lowest BCUT2D eigenvalue weighted by atomic mass is 10.1. The van der Waals surface area contributed by atoms with E-state index in [9.17, 15) is 13.2 Å². The van der Waals surface area contributed by atoms with Crippen LogP contribution in [0.3, 0.4) is 0 Å². The molecular formula is C20H26N2O4S2. The fraction of sp³-hybridized carbons (Fsp3) is 0.350. The SMILES string of the molecule is CCSc1ccccc1NC(=O)C(CC)N(c1ccc(OC)cc1)S(C)(=O)=O. The Kier molecular flexibility index (Phi) is 7.77. The molecule has 0 aromatic heterocycles. The van der Waals surface area contributed by atoms with Gasteiger partial charge in [0.2, 0.25) is 15.9 Å². The van der Waals surface area contributed by atoms with Crippen LogP contribution in [0.15, 0.2) is 53.4 Å². The molecule has 0 aliphatic rings. The number of sulfonamides is 1. The third-order valence-corrected chi connectivity index (χ3v) is 6.24. The van der Waals surface area contributed by atoms with Gasteiger partial charge in [-0.05, 0) is 48.6 Å². The first kappa shape index (κ1) is 22.1. The Balaban J connectivity index is 2.36. The molecule has 152 valence electrons. The number of anilines is 2. The zero-order chi connectivity index (χ0) is 20.7. The van der Waals surface area contributed by atoms with Gasteiger partial charge < -0.3 is 10.1 Å². The number of ether oxygens (including phenoxy) is 1. The summed E-state index contributed by atoms with van der Waals surface area (Å²) in [4.78, 5) is 14.0. The zero-order valence-electron chi connectivity index (χ0n) is 16.5. The maximum Gasteiger partial charge on any atom is 0.248 e. The van der Waals surface area contributed by atoms with Crippen LogP contribution in [-0.4, -0.2) is 39.5 Å². The van der Waals surface area contributed by atoms with E-state index in [1.54, 1.807) is 43.0 Å². The van der Waals surface area contributed by atoms with Crippen molar-refractivity contribution in [3.63, 3.8) is 0 Å². The number of hydrogen-bond donors (Lipinski definition) is 1. The summed E-state index contributed by atoms with van der Waals surface area (Å²) in [5, 5.41) is 2.90. The summed E-state index contributed by atoms with van der Waals surface area (Å²) in [5.74, 6) is 1.11. The van der Waals surface area contributed by atoms with Crippen molar-refractivity contribution in [2.75, 3.05) is 28.7 Å². The monoisotopic (exact) mass is 422 g/mol. The average molecular weight is 423 g/mol. The molecule has 0 aliphatic carbocycles. The predicted octanol–water partition coefficient (Wildman–Crippen LogP) is 3.99. The van der Waals surface area contributed by atoms with Crippen molar-refractivity contribution in [1.82, 2.24) is 0 Å². The molecule has 0 radical (unpaired) electrons. The normalized spacial score (nSPS) is 12.3. The number of para-hydroxylation sites is 1. The molecule has 0 fully saturated rings. The van der Waals surface area contributed by atoms with Gasteiger partial charge in [-0.25, -0.2) is 8.42 Å². The molecular weight excluding hydrogens is 396 g/mol. The molecule has 0 saturated carbocycles. The highest BCUT2D eigenvalue weighted by Gasteiger charge is 2.31. The minimum absolute atomic E-state index is 0.327. The molecule has 0 bridgehead atoms. The predicted molar refractivity (Wildman–Crippen MR) is 116 cm³/mol. The van der Waals surface area contributed by atoms with Gasteiger partial charge in [-0.1, -0.05) is 26.0 Å². The molecule has 1 atom stereocenters. The maximum atomic E-state index is 13.0. The van der Waals surface area contributed by atoms with E-state index in [2.05, 4.69) is 5.32 Å². The van der Waals surface area contributed by atoms with Gasteiger partial charge in [0.25, 0.3) is 0 Å². The van der Waals surface area contributed by atoms with Crippen LogP contribution in [-0.2, 0) is 14.8 Å². The number of benzene rings is 2. The lowest BCUT2D eigenvalue weighted by Crippen LogP contribution is -2.47. The zero-order valence-corrected chi connectivity index (χ0v) is 18.1. The fourth-order valence-electron chi connectivity index (χ4n) is 2.86. The summed E-state index contributed by atoms with van der Waals surface area (Å²) in [5.41, 5.74) is 1.10. The van der Waals surface area contributed by atoms with E-state index in [1.807, 2.05) is 31.2 Å². The second-order valence-corrected chi connectivity index (χ2v) is 9.26. The van der Waals surface area contributed by atoms with Crippen LogP contribution in [0, 0.1) is 0 Å². The van der Waals surface area contributed by atoms with Crippen LogP contribution in [0.5, 0.6) is 5.75 Å². The van der Waals surface area contributed by atoms with Gasteiger partial charge in [0.05, 0.1) is 24.7 Å². The van der Waals surface area contributed by atoms with E-state index in [0.717, 1.165) is 21.2 Å². The minimum Gasteiger partial charge on any atom is -0.497 e. The van der Waals surface area contributed by atoms with Crippen molar-refractivity contribution in [3.8, 4) is 5.75 Å². The fourth-order valence-corrected chi connectivity index (χ4v) is 4.83. The molecule has 0 spiro atoms. The molecule has 2 rings (SSSR count). The molecule has 8 heteroatoms. The minimum atomic E-state index is -3.68. The first-order valence-electron chi connectivity index (χ1n) is 8.98. The van der Waals surface area contributed by atoms with Gasteiger partial charge in [0.1, 0.15) is 11.8 Å². The van der Waals surface area contributed by atoms with Gasteiger partial charge in [-0.2, -0.15) is 0 Å². The molecule has 1 amide bonds. The molecule has 0 aliphatic heterocycles. The van der Waals surface area contributed by atoms with E-state index in [0.29, 0.717) is 23.5 Å². The summed E-state index contributed by atoms with van der Waals surface area (Å²) >= 11 is 1.62. The number of thioether (sulfide) groups is 1. The first-order valence-corrected chi connectivity index (χ1v) is 11.8. The topological polar surface area (TPSA) is 75.7 Å². The highest BCUT2D eigenvalue weighted by molar-refractivity contribution is 7.99. The Morgan fingerprint density at radius 3 is 2.32 bits per heavy atom. The molecule has 2 aromatic rings. The lowest BCUT2D eigenvalue weighted by Gasteiger charge is -2.30. The van der Waals surface area contributed by atoms with E-state index in [-0.39, 0.29) is 5.91 Å². The standard InChI is InChI=1S/C20H26N2O4S2/c1-5-18(20(23)21-17-9-7-8-10-19(17)27-6-2)22(28(4,24)25)15-11-13-16(26-3)14-12-15/h7-14,18H,5-6H2,1-4H3,(H,21,23). The van der Waals surface area contributed by atoms with E-state index in [1.165, 1.54) is 7.11 Å². The lowest BCUT2D eigenvalue weighted by molar-refractivity contribution is -0.117. The largest absolute Gasteiger partial charge is 0.497 e. The quantitative estimate of drug-likeness (QED) is 0.619. The Hall–Kier alpha value is -2.19. The van der Waals surface area contributed by atoms with Crippen molar-refractivity contribution in [1.29, 1.82) is 0 Å². The average Bonchev–Trinajstić information content (AvgIpc) is 2.67. The summed E-state index contributed by atoms with van der Waals surface area (Å²) in [6, 6.07) is 13.2. The number of nitrogens with zero attached hydrogens (tertiary/aromatic N) is 1. The number of rotatable bonds is 9. The van der Waals surface area contributed by atoms with Gasteiger partial charge in [-0.3, -0.25) is 9.10 Å². The van der Waals surface area contributed by atoms with Crippen LogP contribution < -0.4 is 14.4 Å². The van der Waals surface area contributed by atoms with Crippen LogP contribution >= 0.6 is 11.8 Å². The van der Waals surface area contributed by atoms with Crippen molar-refractivity contribution in [2.24, 2.45) is 0 Å². The molecule has 1 unspecified atom stereocenters. The third kappa shape index (κ3) is 5.42. The summed E-state index contributed by atoms with van der Waals surface area (Å²) in [6.07, 6.45) is 1.43. The maximum absolute atomic E-state index is 13.0. The molecule has 1 N–H and O–H groups in total. The van der Waals surface area contributed by atoms with E-state index in [4.69, 9.17) is 4.74 Å². The van der Waals surface area contributed by atoms with Gasteiger partial charge in [0, 0.05) is 4.90 Å². The highest BCUT2D eigenvalue weighted by Crippen LogP contribution is 2.29. The molecule has 28 heavy (non-hydrogen) atoms. The molecule has 0 heterocycles. The van der Waals surface area contributed by atoms with Crippen LogP contribution in [0.25, 0.3) is 0 Å². The van der Waals surface area contributed by atoms with Crippen molar-refractivity contribution >= 4 is 39.1 Å². The van der Waals surface area contributed by atoms with Gasteiger partial charge in [0.15, 0.2) is 0 Å². The third-order valence-electron chi connectivity index (χ3n) is 4.10. The number of hydrogen-bond acceptors (Lipinski definition) is 5. The number of nitrogens with one attached hydrogen (secondary N) is 1. The van der Waals surface area contributed by atoms with Crippen molar-refractivity contribution < 1.29 is 17.9 Å². The van der Waals surface area contributed by atoms with Crippen LogP contribution in [0.4, 0.5) is 11.4 Å². The molecule has 2 aromatic carbocycles. The van der Waals surface area contributed by atoms with Crippen molar-refractivity contribution in [2.45, 2.75) is 31.2 Å². The summed E-state index contributed by atoms with van der Waals surface area (Å²) in [7, 11) is -2.14. The summed E-state index contributed by atoms with van der Waals surface area (Å²) < 4.78 is 31.3. The molecule has 0 saturated heterocycles. The number of carbonyl (C=O) groups is 1. The number of carbonyl (C=O) groups excluding carboxylic acids is 1. The van der Waals surface area contributed by atoms with Gasteiger partial charge >= 0.3 is 0 Å². The van der Waals surface area contributed by atoms with Crippen molar-refractivity contribution in [3.05, 3.63) is 48.5 Å². The Labute approximate surface area is 171 Å². The summed E-state index contributed by atoms with van der Waals surface area (Å²) in [6.45, 7) is 3.83. The Morgan fingerprint density at radius 2 is 1.79 bits per heavy atom. The van der Waals surface area contributed by atoms with Gasteiger partial charge in [-0.15, -0.1) is 11.8 Å². The van der Waals surface area contributed by atoms with Crippen LogP contribution in [0.2, 0.25) is 0 Å². The second kappa shape index (κ2) is 9.84.